The number of thioether (sulfide) groups is 1. The number of aliphatic hydroxyl groups is 6. The van der Waals surface area contributed by atoms with Crippen molar-refractivity contribution in [2.75, 3.05) is 52.6 Å². The Bertz CT molecular complexity index is 2790. The predicted molar refractivity (Wildman–Crippen MR) is 292 cm³/mol. The van der Waals surface area contributed by atoms with E-state index in [1.807, 2.05) is 30.4 Å². The molecule has 11 rings (SSSR count). The van der Waals surface area contributed by atoms with E-state index in [0.717, 1.165) is 25.9 Å². The van der Waals surface area contributed by atoms with Crippen molar-refractivity contribution < 1.29 is 82.2 Å². The molecule has 0 aromatic heterocycles. The first-order chi connectivity index (χ1) is 36.8. The maximum Gasteiger partial charge on any atom is 0.394 e. The third kappa shape index (κ3) is 10.9. The standard InChI is InChI=1S/C32H49NO9.C20H24N2S2.C4H4O4.H2O4S/c1-6-18(3)25(35)41-24-11-12-26(4)19-8-9-20-28(37)13-23(34)31(39)21(29(28,38)16-30(20,26)42-32(19,24)40)15-33-14-17(2)7-10-22(33)27(31,5)36;1-21-9-11-22(12-10-21)18-13-15-5-3-4-6-19(15)24-20-8-7-16(23-2)14-17(18)20;5-3(6)1-2-4(7)8;1-5(2,3)4/h6,17,19-24,34,36-40H,7-16H2,1-5H3;3-8,14,18H,9-13H2,1-2H3;1-2H,(H,5,6)(H,7,8);(H2,1,2,3,4). The number of likely N-dealkylation sites (N-methyl/N-ethyl adjacent to an activating group) is 1. The summed E-state index contributed by atoms with van der Waals surface area (Å²) >= 11 is 3.79. The van der Waals surface area contributed by atoms with Crippen LogP contribution in [0.15, 0.2) is 81.0 Å². The van der Waals surface area contributed by atoms with Crippen LogP contribution in [0, 0.1) is 29.1 Å². The number of carbonyl (C=O) groups is 3. The Kier molecular flexibility index (Phi) is 17.6. The SMILES string of the molecule is CC=C(C)C(=O)OC1CCC2(C)C3CCC4C5(O)CC(O)C6(O)C(CN7CC(C)CCC7C6(C)O)C5(O)CC42OC13O.CSc1ccc2c(c1)C(N1CCN(C)CC1)Cc1ccccc1S2.O=C(O)C=CC(=O)O.O=S(=O)(O)O. The summed E-state index contributed by atoms with van der Waals surface area (Å²) in [4.78, 5) is 43.4. The van der Waals surface area contributed by atoms with Crippen molar-refractivity contribution in [1.82, 2.24) is 14.7 Å². The van der Waals surface area contributed by atoms with Gasteiger partial charge in [0.1, 0.15) is 22.4 Å². The van der Waals surface area contributed by atoms with Gasteiger partial charge in [0.15, 0.2) is 6.10 Å². The number of benzene rings is 2. The molecule has 8 fully saturated rings. The lowest BCUT2D eigenvalue weighted by Gasteiger charge is -2.68. The molecule has 5 heterocycles. The molecule has 10 N–H and O–H groups in total. The van der Waals surface area contributed by atoms with Crippen LogP contribution < -0.4 is 0 Å². The molecule has 4 bridgehead atoms. The third-order valence-corrected chi connectivity index (χ3v) is 21.5. The average Bonchev–Trinajstić information content (AvgIpc) is 1.63. The molecule has 5 aliphatic heterocycles. The fourth-order valence-corrected chi connectivity index (χ4v) is 17.2. The van der Waals surface area contributed by atoms with Gasteiger partial charge in [0.25, 0.3) is 0 Å². The van der Waals surface area contributed by atoms with Crippen molar-refractivity contribution in [3.8, 4) is 0 Å². The Hall–Kier alpha value is -3.50. The fraction of sp³-hybridized carbons (Fsp3) is 0.661. The van der Waals surface area contributed by atoms with Crippen molar-refractivity contribution >= 4 is 51.8 Å². The lowest BCUT2D eigenvalue weighted by Crippen LogP contribution is -2.85. The van der Waals surface area contributed by atoms with Gasteiger partial charge >= 0.3 is 28.3 Å². The van der Waals surface area contributed by atoms with Gasteiger partial charge in [-0.05, 0) is 120 Å². The Morgan fingerprint density at radius 3 is 2.09 bits per heavy atom. The molecule has 4 aliphatic carbocycles. The number of carbonyl (C=O) groups excluding carboxylic acids is 1. The Balaban J connectivity index is 0.000000185. The highest BCUT2D eigenvalue weighted by Crippen LogP contribution is 2.78. The summed E-state index contributed by atoms with van der Waals surface area (Å²) in [6.45, 7) is 14.7. The van der Waals surface area contributed by atoms with Gasteiger partial charge in [-0.1, -0.05) is 49.9 Å². The van der Waals surface area contributed by atoms with Crippen LogP contribution in [0.5, 0.6) is 0 Å². The van der Waals surface area contributed by atoms with Gasteiger partial charge < -0.3 is 55.2 Å². The molecular formula is C56H79N3O17S3. The van der Waals surface area contributed by atoms with Crippen LogP contribution in [0.3, 0.4) is 0 Å². The fourth-order valence-electron chi connectivity index (χ4n) is 15.6. The van der Waals surface area contributed by atoms with Crippen molar-refractivity contribution in [1.29, 1.82) is 0 Å². The number of hydrogen-bond donors (Lipinski definition) is 10. The van der Waals surface area contributed by atoms with E-state index in [4.69, 9.17) is 37.2 Å². The molecule has 1 spiro atoms. The minimum Gasteiger partial charge on any atom is -0.478 e. The van der Waals surface area contributed by atoms with E-state index in [2.05, 4.69) is 77.4 Å². The number of nitrogens with zero attached hydrogens (tertiary/aromatic N) is 3. The van der Waals surface area contributed by atoms with Gasteiger partial charge in [0.05, 0.1) is 11.7 Å². The highest BCUT2D eigenvalue weighted by atomic mass is 32.3. The summed E-state index contributed by atoms with van der Waals surface area (Å²) in [5.41, 5.74) is -5.94. The van der Waals surface area contributed by atoms with Crippen LogP contribution in [0.1, 0.15) is 103 Å². The number of carboxylic acid groups (broad SMARTS) is 2. The number of aliphatic carboxylic acids is 2. The zero-order valence-electron chi connectivity index (χ0n) is 45.9. The van der Waals surface area contributed by atoms with E-state index in [0.29, 0.717) is 68.3 Å². The normalized spacial score (nSPS) is 40.4. The first-order valence-electron chi connectivity index (χ1n) is 27.1. The molecular weight excluding hydrogens is 1080 g/mol. The monoisotopic (exact) mass is 1160 g/mol. The summed E-state index contributed by atoms with van der Waals surface area (Å²) in [6, 6.07) is 16.1. The number of esters is 1. The smallest absolute Gasteiger partial charge is 0.394 e. The van der Waals surface area contributed by atoms with Gasteiger partial charge in [0, 0.05) is 120 Å². The largest absolute Gasteiger partial charge is 0.478 e. The van der Waals surface area contributed by atoms with Crippen molar-refractivity contribution in [3.63, 3.8) is 0 Å². The van der Waals surface area contributed by atoms with Gasteiger partial charge in [-0.25, -0.2) is 14.4 Å². The van der Waals surface area contributed by atoms with Crippen LogP contribution in [-0.2, 0) is 40.7 Å². The Morgan fingerprint density at radius 1 is 0.835 bits per heavy atom. The number of piperidine rings is 2. The topological polar surface area (TPSA) is 316 Å². The number of aliphatic hydroxyl groups excluding tert-OH is 1. The van der Waals surface area contributed by atoms with E-state index in [9.17, 15) is 45.0 Å². The van der Waals surface area contributed by atoms with Crippen LogP contribution in [-0.4, -0.2) is 196 Å². The molecule has 0 amide bonds. The van der Waals surface area contributed by atoms with Crippen LogP contribution in [0.25, 0.3) is 0 Å². The van der Waals surface area contributed by atoms with E-state index in [1.54, 1.807) is 26.8 Å². The molecule has 79 heavy (non-hydrogen) atoms. The number of allylic oxidation sites excluding steroid dienone is 1. The van der Waals surface area contributed by atoms with Gasteiger partial charge in [-0.3, -0.25) is 18.9 Å². The van der Waals surface area contributed by atoms with E-state index < -0.39 is 97.5 Å². The van der Waals surface area contributed by atoms with E-state index in [-0.39, 0.29) is 25.4 Å². The molecule has 2 aromatic carbocycles. The van der Waals surface area contributed by atoms with Crippen LogP contribution >= 0.6 is 23.5 Å². The quantitative estimate of drug-likeness (QED) is 0.0826. The second-order valence-electron chi connectivity index (χ2n) is 23.8. The highest BCUT2D eigenvalue weighted by molar-refractivity contribution is 7.99. The average molecular weight is 1160 g/mol. The van der Waals surface area contributed by atoms with Crippen molar-refractivity contribution in [2.24, 2.45) is 29.1 Å². The predicted octanol–water partition coefficient (Wildman–Crippen LogP) is 4.45. The van der Waals surface area contributed by atoms with Crippen molar-refractivity contribution in [2.45, 2.75) is 165 Å². The summed E-state index contributed by atoms with van der Waals surface area (Å²) in [6.07, 6.45) is 6.71. The summed E-state index contributed by atoms with van der Waals surface area (Å²) in [5.74, 6) is -6.56. The van der Waals surface area contributed by atoms with Crippen molar-refractivity contribution in [3.05, 3.63) is 77.4 Å². The lowest BCUT2D eigenvalue weighted by molar-refractivity contribution is -0.354. The number of fused-ring (bicyclic) bond motifs is 7. The lowest BCUT2D eigenvalue weighted by atomic mass is 9.49. The summed E-state index contributed by atoms with van der Waals surface area (Å²) < 4.78 is 44.2. The van der Waals surface area contributed by atoms with Gasteiger partial charge in [-0.2, -0.15) is 8.42 Å². The van der Waals surface area contributed by atoms with Crippen LogP contribution in [0.2, 0.25) is 0 Å². The zero-order chi connectivity index (χ0) is 58.1. The third-order valence-electron chi connectivity index (χ3n) is 19.6. The zero-order valence-corrected chi connectivity index (χ0v) is 48.3. The number of rotatable bonds is 6. The van der Waals surface area contributed by atoms with Crippen LogP contribution in [0.4, 0.5) is 0 Å². The van der Waals surface area contributed by atoms with Gasteiger partial charge in [0.2, 0.25) is 5.79 Å². The molecule has 4 saturated carbocycles. The summed E-state index contributed by atoms with van der Waals surface area (Å²) in [5, 5.41) is 89.6. The minimum absolute atomic E-state index is 0.0606. The first kappa shape index (κ1) is 61.6. The molecule has 15 atom stereocenters. The number of ether oxygens (including phenoxy) is 2. The molecule has 0 radical (unpaired) electrons. The van der Waals surface area contributed by atoms with Gasteiger partial charge in [-0.15, -0.1) is 11.8 Å². The van der Waals surface area contributed by atoms with E-state index >= 15 is 0 Å². The maximum atomic E-state index is 12.9. The number of piperazine rings is 1. The summed E-state index contributed by atoms with van der Waals surface area (Å²) in [7, 11) is -2.44. The number of hydrogen-bond acceptors (Lipinski definition) is 18. The maximum absolute atomic E-state index is 12.9. The molecule has 4 saturated heterocycles. The minimum atomic E-state index is -4.67. The van der Waals surface area contributed by atoms with E-state index in [1.165, 1.54) is 38.9 Å². The molecule has 438 valence electrons. The second kappa shape index (κ2) is 22.6. The molecule has 9 aliphatic rings. The highest BCUT2D eigenvalue weighted by Gasteiger charge is 2.89. The molecule has 15 unspecified atom stereocenters. The molecule has 23 heteroatoms. The Morgan fingerprint density at radius 2 is 1.47 bits per heavy atom. The number of carboxylic acids is 2. The molecule has 20 nitrogen and oxygen atoms in total. The first-order valence-corrected chi connectivity index (χ1v) is 30.6. The molecule has 2 aromatic rings. The Labute approximate surface area is 470 Å². The second-order valence-corrected chi connectivity index (χ2v) is 26.7.